The van der Waals surface area contributed by atoms with E-state index >= 15 is 0 Å². The molecular weight excluding hydrogens is 240 g/mol. The number of halogens is 1. The van der Waals surface area contributed by atoms with Crippen LogP contribution >= 0.6 is 12.4 Å². The number of carboxylic acid groups (broad SMARTS) is 1. The molecule has 0 aliphatic heterocycles. The quantitative estimate of drug-likeness (QED) is 0.916. The lowest BCUT2D eigenvalue weighted by molar-refractivity contribution is -0.137. The number of aliphatic carboxylic acids is 1. The summed E-state index contributed by atoms with van der Waals surface area (Å²) in [6, 6.07) is 4.08. The van der Waals surface area contributed by atoms with E-state index < -0.39 is 5.97 Å². The summed E-state index contributed by atoms with van der Waals surface area (Å²) in [6.45, 7) is 4.56. The van der Waals surface area contributed by atoms with Crippen molar-refractivity contribution in [1.82, 2.24) is 9.55 Å². The largest absolute Gasteiger partial charge is 0.481 e. The summed E-state index contributed by atoms with van der Waals surface area (Å²) in [5.74, 6) is -0.786. The van der Waals surface area contributed by atoms with Crippen molar-refractivity contribution < 1.29 is 9.90 Å². The Morgan fingerprint density at radius 1 is 1.35 bits per heavy atom. The van der Waals surface area contributed by atoms with Gasteiger partial charge < -0.3 is 9.67 Å². The van der Waals surface area contributed by atoms with Crippen molar-refractivity contribution in [2.45, 2.75) is 26.8 Å². The molecule has 1 aromatic heterocycles. The lowest BCUT2D eigenvalue weighted by Gasteiger charge is -2.04. The van der Waals surface area contributed by atoms with Crippen LogP contribution in [0.25, 0.3) is 11.0 Å². The maximum atomic E-state index is 10.5. The van der Waals surface area contributed by atoms with E-state index in [4.69, 9.17) is 5.11 Å². The summed E-state index contributed by atoms with van der Waals surface area (Å²) in [6.07, 6.45) is 1.82. The molecule has 1 N–H and O–H groups in total. The van der Waals surface area contributed by atoms with E-state index in [1.807, 2.05) is 24.5 Å². The maximum Gasteiger partial charge on any atom is 0.305 e. The van der Waals surface area contributed by atoms with E-state index in [2.05, 4.69) is 11.1 Å². The number of fused-ring (bicyclic) bond motifs is 1. The van der Waals surface area contributed by atoms with Crippen molar-refractivity contribution in [1.29, 1.82) is 0 Å². The minimum absolute atomic E-state index is 0. The molecule has 0 aliphatic rings. The Bertz CT molecular complexity index is 549. The van der Waals surface area contributed by atoms with Gasteiger partial charge in [-0.1, -0.05) is 0 Å². The molecule has 0 saturated carbocycles. The highest BCUT2D eigenvalue weighted by molar-refractivity contribution is 5.85. The van der Waals surface area contributed by atoms with Gasteiger partial charge in [0.2, 0.25) is 0 Å². The zero-order valence-electron chi connectivity index (χ0n) is 9.80. The van der Waals surface area contributed by atoms with Gasteiger partial charge in [0.1, 0.15) is 0 Å². The van der Waals surface area contributed by atoms with Gasteiger partial charge in [0.25, 0.3) is 0 Å². The van der Waals surface area contributed by atoms with Gasteiger partial charge >= 0.3 is 5.97 Å². The monoisotopic (exact) mass is 254 g/mol. The summed E-state index contributed by atoms with van der Waals surface area (Å²) >= 11 is 0. The Hall–Kier alpha value is -1.55. The fraction of sp³-hybridized carbons (Fsp3) is 0.333. The van der Waals surface area contributed by atoms with Gasteiger partial charge in [0, 0.05) is 6.54 Å². The number of rotatable bonds is 3. The molecular formula is C12H15ClN2O2. The van der Waals surface area contributed by atoms with Crippen LogP contribution in [0.3, 0.4) is 0 Å². The first-order chi connectivity index (χ1) is 7.58. The highest BCUT2D eigenvalue weighted by Gasteiger charge is 2.06. The molecule has 92 valence electrons. The first-order valence-corrected chi connectivity index (χ1v) is 5.22. The third-order valence-corrected chi connectivity index (χ3v) is 2.80. The number of hydrogen-bond donors (Lipinski definition) is 1. The van der Waals surface area contributed by atoms with Crippen LogP contribution in [0.5, 0.6) is 0 Å². The topological polar surface area (TPSA) is 55.1 Å². The number of aryl methyl sites for hydroxylation is 3. The molecule has 1 heterocycles. The lowest BCUT2D eigenvalue weighted by Crippen LogP contribution is -2.03. The van der Waals surface area contributed by atoms with Gasteiger partial charge in [0.15, 0.2) is 0 Å². The van der Waals surface area contributed by atoms with Crippen LogP contribution in [0.2, 0.25) is 0 Å². The summed E-state index contributed by atoms with van der Waals surface area (Å²) in [4.78, 5) is 14.8. The number of hydrogen-bond acceptors (Lipinski definition) is 2. The van der Waals surface area contributed by atoms with Crippen molar-refractivity contribution in [2.75, 3.05) is 0 Å². The second-order valence-electron chi connectivity index (χ2n) is 4.01. The SMILES string of the molecule is Cc1cc2ncn(CCC(=O)O)c2cc1C.Cl. The number of aromatic nitrogens is 2. The second-order valence-corrected chi connectivity index (χ2v) is 4.01. The Kier molecular flexibility index (Phi) is 4.12. The third kappa shape index (κ3) is 2.77. The molecule has 17 heavy (non-hydrogen) atoms. The Labute approximate surface area is 106 Å². The minimum Gasteiger partial charge on any atom is -0.481 e. The Balaban J connectivity index is 0.00000144. The molecule has 0 fully saturated rings. The Morgan fingerprint density at radius 3 is 2.65 bits per heavy atom. The van der Waals surface area contributed by atoms with Crippen molar-refractivity contribution in [2.24, 2.45) is 0 Å². The van der Waals surface area contributed by atoms with Gasteiger partial charge in [-0.2, -0.15) is 0 Å². The standard InChI is InChI=1S/C12H14N2O2.ClH/c1-8-5-10-11(6-9(8)2)14(7-13-10)4-3-12(15)16;/h5-7H,3-4H2,1-2H3,(H,15,16);1H. The van der Waals surface area contributed by atoms with Gasteiger partial charge in [0.05, 0.1) is 23.8 Å². The van der Waals surface area contributed by atoms with E-state index in [0.29, 0.717) is 6.54 Å². The summed E-state index contributed by atoms with van der Waals surface area (Å²) in [5, 5.41) is 8.65. The molecule has 2 rings (SSSR count). The number of benzene rings is 1. The number of carbonyl (C=O) groups is 1. The summed E-state index contributed by atoms with van der Waals surface area (Å²) in [7, 11) is 0. The number of nitrogens with zero attached hydrogens (tertiary/aromatic N) is 2. The van der Waals surface area contributed by atoms with E-state index in [0.717, 1.165) is 11.0 Å². The van der Waals surface area contributed by atoms with Gasteiger partial charge in [-0.25, -0.2) is 4.98 Å². The van der Waals surface area contributed by atoms with Crippen LogP contribution in [-0.2, 0) is 11.3 Å². The van der Waals surface area contributed by atoms with E-state index in [1.54, 1.807) is 6.33 Å². The molecule has 0 saturated heterocycles. The van der Waals surface area contributed by atoms with Crippen LogP contribution < -0.4 is 0 Å². The maximum absolute atomic E-state index is 10.5. The zero-order chi connectivity index (χ0) is 11.7. The molecule has 0 radical (unpaired) electrons. The van der Waals surface area contributed by atoms with Crippen LogP contribution in [0.15, 0.2) is 18.5 Å². The molecule has 4 nitrogen and oxygen atoms in total. The third-order valence-electron chi connectivity index (χ3n) is 2.80. The lowest BCUT2D eigenvalue weighted by atomic mass is 10.1. The minimum atomic E-state index is -0.786. The molecule has 5 heteroatoms. The molecule has 0 aliphatic carbocycles. The van der Waals surface area contributed by atoms with Crippen molar-refractivity contribution in [3.63, 3.8) is 0 Å². The molecule has 0 bridgehead atoms. The van der Waals surface area contributed by atoms with Crippen molar-refractivity contribution >= 4 is 29.4 Å². The fourth-order valence-electron chi connectivity index (χ4n) is 1.71. The van der Waals surface area contributed by atoms with Crippen molar-refractivity contribution in [3.8, 4) is 0 Å². The molecule has 0 amide bonds. The highest BCUT2D eigenvalue weighted by Crippen LogP contribution is 2.18. The van der Waals surface area contributed by atoms with Gasteiger partial charge in [-0.15, -0.1) is 12.4 Å². The van der Waals surface area contributed by atoms with Crippen molar-refractivity contribution in [3.05, 3.63) is 29.6 Å². The number of carboxylic acids is 1. The first kappa shape index (κ1) is 13.5. The second kappa shape index (κ2) is 5.19. The number of imidazole rings is 1. The van der Waals surface area contributed by atoms with Gasteiger partial charge in [-0.05, 0) is 37.1 Å². The normalized spacial score (nSPS) is 10.2. The Morgan fingerprint density at radius 2 is 2.00 bits per heavy atom. The van der Waals surface area contributed by atoms with Gasteiger partial charge in [-0.3, -0.25) is 4.79 Å². The average Bonchev–Trinajstić information content (AvgIpc) is 2.58. The van der Waals surface area contributed by atoms with Crippen LogP contribution in [0.1, 0.15) is 17.5 Å². The summed E-state index contributed by atoms with van der Waals surface area (Å²) < 4.78 is 1.88. The molecule has 1 aromatic carbocycles. The molecule has 2 aromatic rings. The predicted octanol–water partition coefficient (Wildman–Crippen LogP) is 2.55. The fourth-order valence-corrected chi connectivity index (χ4v) is 1.71. The van der Waals surface area contributed by atoms with Crippen LogP contribution in [0, 0.1) is 13.8 Å². The molecule has 0 unspecified atom stereocenters. The zero-order valence-corrected chi connectivity index (χ0v) is 10.6. The highest BCUT2D eigenvalue weighted by atomic mass is 35.5. The van der Waals surface area contributed by atoms with E-state index in [-0.39, 0.29) is 18.8 Å². The first-order valence-electron chi connectivity index (χ1n) is 5.22. The predicted molar refractivity (Wildman–Crippen MR) is 68.7 cm³/mol. The molecule has 0 atom stereocenters. The smallest absolute Gasteiger partial charge is 0.305 e. The molecule has 0 spiro atoms. The average molecular weight is 255 g/mol. The summed E-state index contributed by atoms with van der Waals surface area (Å²) in [5.41, 5.74) is 4.33. The van der Waals surface area contributed by atoms with E-state index in [1.165, 1.54) is 11.1 Å². The van der Waals surface area contributed by atoms with E-state index in [9.17, 15) is 4.79 Å². The van der Waals surface area contributed by atoms with Crippen LogP contribution in [-0.4, -0.2) is 20.6 Å². The van der Waals surface area contributed by atoms with Crippen LogP contribution in [0.4, 0.5) is 0 Å².